The van der Waals surface area contributed by atoms with Crippen molar-refractivity contribution in [1.82, 2.24) is 20.3 Å². The lowest BCUT2D eigenvalue weighted by Gasteiger charge is -2.34. The maximum absolute atomic E-state index is 12.4. The average molecular weight is 294 g/mol. The van der Waals surface area contributed by atoms with E-state index in [0.29, 0.717) is 12.1 Å². The zero-order chi connectivity index (χ0) is 15.8. The third-order valence-electron chi connectivity index (χ3n) is 3.25. The monoisotopic (exact) mass is 294 g/mol. The summed E-state index contributed by atoms with van der Waals surface area (Å²) in [6.45, 7) is 7.26. The van der Waals surface area contributed by atoms with E-state index in [1.807, 2.05) is 6.92 Å². The van der Waals surface area contributed by atoms with Crippen LogP contribution in [0.5, 0.6) is 0 Å². The minimum absolute atomic E-state index is 0.0109. The molecule has 0 radical (unpaired) electrons. The van der Waals surface area contributed by atoms with Crippen molar-refractivity contribution in [2.75, 3.05) is 0 Å². The maximum Gasteiger partial charge on any atom is 0.319 e. The van der Waals surface area contributed by atoms with E-state index in [2.05, 4.69) is 15.6 Å². The molecule has 0 unspecified atom stereocenters. The van der Waals surface area contributed by atoms with Gasteiger partial charge < -0.3 is 10.1 Å². The summed E-state index contributed by atoms with van der Waals surface area (Å²) in [6.07, 6.45) is 2.01. The molecule has 1 fully saturated rings. The molecule has 1 aromatic heterocycles. The van der Waals surface area contributed by atoms with Crippen LogP contribution in [-0.4, -0.2) is 38.4 Å². The van der Waals surface area contributed by atoms with E-state index in [0.717, 1.165) is 0 Å². The number of Topliss-reactive ketones (excluding diaryl/α,β-unsaturated/α-hetero) is 1. The molecular weight excluding hydrogens is 272 g/mol. The molecule has 0 bridgehead atoms. The summed E-state index contributed by atoms with van der Waals surface area (Å²) in [5.74, 6) is -1.51. The fourth-order valence-electron chi connectivity index (χ4n) is 2.47. The summed E-state index contributed by atoms with van der Waals surface area (Å²) in [7, 11) is 1.74. The van der Waals surface area contributed by atoms with Gasteiger partial charge in [-0.25, -0.2) is 0 Å². The molecule has 1 aliphatic rings. The highest BCUT2D eigenvalue weighted by Gasteiger charge is 2.43. The van der Waals surface area contributed by atoms with Gasteiger partial charge in [0.2, 0.25) is 0 Å². The Morgan fingerprint density at radius 3 is 2.67 bits per heavy atom. The van der Waals surface area contributed by atoms with E-state index in [-0.39, 0.29) is 11.8 Å². The van der Waals surface area contributed by atoms with Crippen LogP contribution in [0.1, 0.15) is 45.9 Å². The molecular formula is C14H22N4O3. The van der Waals surface area contributed by atoms with Crippen molar-refractivity contribution in [3.05, 3.63) is 11.9 Å². The number of hydrogen-bond acceptors (Lipinski definition) is 6. The topological polar surface area (TPSA) is 86.1 Å². The molecule has 1 aliphatic heterocycles. The van der Waals surface area contributed by atoms with Crippen molar-refractivity contribution in [3.8, 4) is 0 Å². The van der Waals surface area contributed by atoms with Gasteiger partial charge in [0, 0.05) is 25.7 Å². The highest BCUT2D eigenvalue weighted by molar-refractivity contribution is 6.00. The van der Waals surface area contributed by atoms with Crippen molar-refractivity contribution in [1.29, 1.82) is 0 Å². The number of aryl methyl sites for hydroxylation is 1. The summed E-state index contributed by atoms with van der Waals surface area (Å²) in [5.41, 5.74) is -0.0545. The van der Waals surface area contributed by atoms with Gasteiger partial charge in [-0.2, -0.15) is 0 Å². The van der Waals surface area contributed by atoms with E-state index >= 15 is 0 Å². The minimum Gasteiger partial charge on any atom is -0.459 e. The Kier molecular flexibility index (Phi) is 4.13. The van der Waals surface area contributed by atoms with E-state index in [4.69, 9.17) is 4.74 Å². The fourth-order valence-corrected chi connectivity index (χ4v) is 2.47. The fraction of sp³-hybridized carbons (Fsp3) is 0.714. The molecule has 116 valence electrons. The number of ether oxygens (including phenoxy) is 1. The maximum atomic E-state index is 12.4. The second-order valence-corrected chi connectivity index (χ2v) is 6.54. The number of nitrogens with zero attached hydrogens (tertiary/aromatic N) is 3. The number of carbonyl (C=O) groups excluding carboxylic acids is 2. The number of esters is 1. The molecule has 1 saturated heterocycles. The summed E-state index contributed by atoms with van der Waals surface area (Å²) in [4.78, 5) is 24.7. The second-order valence-electron chi connectivity index (χ2n) is 6.54. The van der Waals surface area contributed by atoms with Crippen molar-refractivity contribution in [2.45, 2.75) is 51.8 Å². The molecule has 0 spiro atoms. The Morgan fingerprint density at radius 1 is 1.48 bits per heavy atom. The standard InChI is InChI=1S/C14H22N4O3/c1-8-6-10(19)11(13(20)21-14(2,3)4)12(15-8)9-7-18(5)17-16-9/h7-8,11-12,15H,6H2,1-5H3/t8-,11+,12+/m0/s1. The van der Waals surface area contributed by atoms with Gasteiger partial charge in [0.05, 0.1) is 6.04 Å². The first-order valence-corrected chi connectivity index (χ1v) is 7.05. The number of nitrogens with one attached hydrogen (secondary N) is 1. The normalized spacial score (nSPS) is 26.7. The van der Waals surface area contributed by atoms with E-state index < -0.39 is 23.5 Å². The smallest absolute Gasteiger partial charge is 0.319 e. The lowest BCUT2D eigenvalue weighted by Crippen LogP contribution is -2.50. The van der Waals surface area contributed by atoms with Crippen molar-refractivity contribution < 1.29 is 14.3 Å². The van der Waals surface area contributed by atoms with Gasteiger partial charge in [0.25, 0.3) is 0 Å². The zero-order valence-electron chi connectivity index (χ0n) is 13.1. The van der Waals surface area contributed by atoms with Gasteiger partial charge in [-0.1, -0.05) is 5.21 Å². The van der Waals surface area contributed by atoms with Gasteiger partial charge in [-0.15, -0.1) is 5.10 Å². The van der Waals surface area contributed by atoms with E-state index in [9.17, 15) is 9.59 Å². The molecule has 21 heavy (non-hydrogen) atoms. The Balaban J connectivity index is 2.29. The van der Waals surface area contributed by atoms with Crippen LogP contribution in [0.3, 0.4) is 0 Å². The van der Waals surface area contributed by atoms with Gasteiger partial charge in [0.15, 0.2) is 5.78 Å². The van der Waals surface area contributed by atoms with E-state index in [1.165, 1.54) is 0 Å². The number of rotatable bonds is 2. The predicted octanol–water partition coefficient (Wildman–Crippen LogP) is 0.765. The van der Waals surface area contributed by atoms with Crippen molar-refractivity contribution in [2.24, 2.45) is 13.0 Å². The lowest BCUT2D eigenvalue weighted by molar-refractivity contribution is -0.164. The first-order chi connectivity index (χ1) is 9.67. The minimum atomic E-state index is -0.878. The third-order valence-corrected chi connectivity index (χ3v) is 3.25. The van der Waals surface area contributed by atoms with Crippen LogP contribution < -0.4 is 5.32 Å². The summed E-state index contributed by atoms with van der Waals surface area (Å²) in [6, 6.07) is -0.506. The first-order valence-electron chi connectivity index (χ1n) is 7.05. The van der Waals surface area contributed by atoms with Crippen molar-refractivity contribution >= 4 is 11.8 Å². The van der Waals surface area contributed by atoms with Crippen LogP contribution in [-0.2, 0) is 21.4 Å². The Hall–Kier alpha value is -1.76. The summed E-state index contributed by atoms with van der Waals surface area (Å²) in [5, 5.41) is 11.2. The van der Waals surface area contributed by atoms with Gasteiger partial charge >= 0.3 is 5.97 Å². The molecule has 7 heteroatoms. The molecule has 0 aromatic carbocycles. The average Bonchev–Trinajstić information content (AvgIpc) is 2.72. The molecule has 1 aromatic rings. The Morgan fingerprint density at radius 2 is 2.14 bits per heavy atom. The predicted molar refractivity (Wildman–Crippen MR) is 75.3 cm³/mol. The number of hydrogen-bond donors (Lipinski definition) is 1. The molecule has 1 N–H and O–H groups in total. The first kappa shape index (κ1) is 15.6. The zero-order valence-corrected chi connectivity index (χ0v) is 13.1. The molecule has 0 saturated carbocycles. The Labute approximate surface area is 124 Å². The van der Waals surface area contributed by atoms with Crippen LogP contribution in [0.2, 0.25) is 0 Å². The van der Waals surface area contributed by atoms with Crippen LogP contribution >= 0.6 is 0 Å². The van der Waals surface area contributed by atoms with Gasteiger partial charge in [-0.05, 0) is 27.7 Å². The quantitative estimate of drug-likeness (QED) is 0.640. The molecule has 2 rings (SSSR count). The SMILES string of the molecule is C[C@H]1CC(=O)[C@@H](C(=O)OC(C)(C)C)[C@@H](c2cn(C)nn2)N1. The van der Waals surface area contributed by atoms with Crippen LogP contribution in [0, 0.1) is 5.92 Å². The number of carbonyl (C=O) groups is 2. The number of piperidine rings is 1. The number of ketones is 1. The Bertz CT molecular complexity index is 547. The van der Waals surface area contributed by atoms with Gasteiger partial charge in [-0.3, -0.25) is 14.3 Å². The van der Waals surface area contributed by atoms with E-state index in [1.54, 1.807) is 38.7 Å². The van der Waals surface area contributed by atoms with Crippen molar-refractivity contribution in [3.63, 3.8) is 0 Å². The largest absolute Gasteiger partial charge is 0.459 e. The second kappa shape index (κ2) is 5.55. The van der Waals surface area contributed by atoms with Crippen LogP contribution in [0.15, 0.2) is 6.20 Å². The molecule has 7 nitrogen and oxygen atoms in total. The van der Waals surface area contributed by atoms with Crippen LogP contribution in [0.25, 0.3) is 0 Å². The third kappa shape index (κ3) is 3.66. The van der Waals surface area contributed by atoms with Crippen LogP contribution in [0.4, 0.5) is 0 Å². The number of aromatic nitrogens is 3. The summed E-state index contributed by atoms with van der Waals surface area (Å²) < 4.78 is 6.94. The highest BCUT2D eigenvalue weighted by atomic mass is 16.6. The molecule has 3 atom stereocenters. The highest BCUT2D eigenvalue weighted by Crippen LogP contribution is 2.30. The molecule has 0 amide bonds. The van der Waals surface area contributed by atoms with Gasteiger partial charge in [0.1, 0.15) is 17.2 Å². The summed E-state index contributed by atoms with van der Waals surface area (Å²) >= 11 is 0. The molecule has 2 heterocycles. The molecule has 0 aliphatic carbocycles. The lowest BCUT2D eigenvalue weighted by atomic mass is 9.85.